The normalized spacial score (nSPS) is 9.92. The summed E-state index contributed by atoms with van der Waals surface area (Å²) in [5.74, 6) is -0.350. The highest BCUT2D eigenvalue weighted by Crippen LogP contribution is 2.22. The molecule has 0 heterocycles. The molecule has 0 aliphatic heterocycles. The summed E-state index contributed by atoms with van der Waals surface area (Å²) in [4.78, 5) is 23.7. The molecule has 0 fully saturated rings. The molecule has 0 radical (unpaired) electrons. The van der Waals surface area contributed by atoms with Crippen molar-refractivity contribution >= 4 is 40.7 Å². The van der Waals surface area contributed by atoms with E-state index >= 15 is 0 Å². The third kappa shape index (κ3) is 6.34. The van der Waals surface area contributed by atoms with Gasteiger partial charge in [0.25, 0.3) is 5.91 Å². The first kappa shape index (κ1) is 19.7. The monoisotopic (exact) mass is 391 g/mol. The lowest BCUT2D eigenvalue weighted by Gasteiger charge is -2.12. The van der Waals surface area contributed by atoms with Crippen molar-refractivity contribution in [2.24, 2.45) is 0 Å². The minimum atomic E-state index is -0.472. The van der Waals surface area contributed by atoms with Crippen LogP contribution in [0.4, 0.5) is 0 Å². The van der Waals surface area contributed by atoms with E-state index in [1.54, 1.807) is 24.3 Å². The van der Waals surface area contributed by atoms with Crippen LogP contribution in [0.25, 0.3) is 0 Å². The fourth-order valence-electron chi connectivity index (χ4n) is 2.05. The smallest absolute Gasteiger partial charge is 0.276 e. The van der Waals surface area contributed by atoms with Gasteiger partial charge in [0.05, 0.1) is 11.4 Å². The number of carbonyl (C=O) groups excluding carboxylic acids is 2. The zero-order valence-electron chi connectivity index (χ0n) is 14.0. The van der Waals surface area contributed by atoms with Crippen molar-refractivity contribution in [3.05, 3.63) is 64.7 Å². The first-order valence-corrected chi connectivity index (χ1v) is 8.55. The second-order valence-corrected chi connectivity index (χ2v) is 6.19. The Morgan fingerprint density at radius 3 is 2.46 bits per heavy atom. The van der Waals surface area contributed by atoms with Crippen molar-refractivity contribution in [1.82, 2.24) is 16.2 Å². The summed E-state index contributed by atoms with van der Waals surface area (Å²) in [5.41, 5.74) is 6.72. The Morgan fingerprint density at radius 2 is 1.73 bits per heavy atom. The Morgan fingerprint density at radius 1 is 1.04 bits per heavy atom. The maximum atomic E-state index is 12.0. The molecule has 0 unspecified atom stereocenters. The molecule has 2 aromatic carbocycles. The average Bonchev–Trinajstić information content (AvgIpc) is 2.61. The van der Waals surface area contributed by atoms with Crippen molar-refractivity contribution in [1.29, 1.82) is 0 Å². The molecule has 0 aliphatic rings. The Bertz CT molecular complexity index is 814. The van der Waals surface area contributed by atoms with Crippen LogP contribution in [-0.4, -0.2) is 23.5 Å². The number of nitrogens with one attached hydrogen (secondary N) is 3. The molecule has 2 amide bonds. The van der Waals surface area contributed by atoms with E-state index in [1.807, 2.05) is 31.2 Å². The van der Waals surface area contributed by atoms with Crippen molar-refractivity contribution in [3.8, 4) is 5.75 Å². The number of benzene rings is 2. The maximum Gasteiger partial charge on any atom is 0.276 e. The van der Waals surface area contributed by atoms with Gasteiger partial charge in [-0.05, 0) is 42.4 Å². The lowest BCUT2D eigenvalue weighted by atomic mass is 10.1. The number of amides is 2. The Hall–Kier alpha value is -2.64. The summed E-state index contributed by atoms with van der Waals surface area (Å²) in [6, 6.07) is 14.4. The van der Waals surface area contributed by atoms with Crippen LogP contribution in [0.5, 0.6) is 5.75 Å². The van der Waals surface area contributed by atoms with E-state index in [0.717, 1.165) is 11.1 Å². The average molecular weight is 392 g/mol. The molecule has 0 spiro atoms. The fraction of sp³-hybridized carbons (Fsp3) is 0.167. The second-order valence-electron chi connectivity index (χ2n) is 5.37. The summed E-state index contributed by atoms with van der Waals surface area (Å²) >= 11 is 10.9. The van der Waals surface area contributed by atoms with E-state index in [0.29, 0.717) is 10.8 Å². The van der Waals surface area contributed by atoms with Gasteiger partial charge in [-0.1, -0.05) is 48.0 Å². The first-order valence-electron chi connectivity index (χ1n) is 7.76. The number of aryl methyl sites for hydroxylation is 1. The third-order valence-electron chi connectivity index (χ3n) is 3.38. The molecule has 0 saturated heterocycles. The highest BCUT2D eigenvalue weighted by atomic mass is 35.5. The molecule has 2 rings (SSSR count). The van der Waals surface area contributed by atoms with Crippen molar-refractivity contribution in [2.75, 3.05) is 6.61 Å². The molecule has 0 aromatic heterocycles. The van der Waals surface area contributed by atoms with Crippen molar-refractivity contribution in [3.63, 3.8) is 0 Å². The van der Waals surface area contributed by atoms with Crippen LogP contribution < -0.4 is 20.9 Å². The van der Waals surface area contributed by atoms with E-state index < -0.39 is 5.91 Å². The van der Waals surface area contributed by atoms with Gasteiger partial charge in [0.15, 0.2) is 11.7 Å². The van der Waals surface area contributed by atoms with Crippen LogP contribution in [0.15, 0.2) is 48.5 Å². The highest BCUT2D eigenvalue weighted by molar-refractivity contribution is 7.80. The molecule has 0 atom stereocenters. The number of hydrogen-bond donors (Lipinski definition) is 3. The summed E-state index contributed by atoms with van der Waals surface area (Å²) < 4.78 is 5.29. The van der Waals surface area contributed by atoms with Gasteiger partial charge < -0.3 is 10.1 Å². The molecule has 136 valence electrons. The third-order valence-corrected chi connectivity index (χ3v) is 3.89. The highest BCUT2D eigenvalue weighted by Gasteiger charge is 2.09. The zero-order chi connectivity index (χ0) is 18.9. The molecule has 8 heteroatoms. The lowest BCUT2D eigenvalue weighted by Crippen LogP contribution is -2.50. The van der Waals surface area contributed by atoms with Crippen molar-refractivity contribution < 1.29 is 14.3 Å². The van der Waals surface area contributed by atoms with Crippen LogP contribution in [0.2, 0.25) is 5.02 Å². The molecule has 26 heavy (non-hydrogen) atoms. The van der Waals surface area contributed by atoms with E-state index in [2.05, 4.69) is 16.2 Å². The van der Waals surface area contributed by atoms with Gasteiger partial charge in [0.1, 0.15) is 5.75 Å². The number of halogens is 1. The van der Waals surface area contributed by atoms with Gasteiger partial charge in [0.2, 0.25) is 5.91 Å². The molecule has 0 bridgehead atoms. The Balaban J connectivity index is 1.71. The summed E-state index contributed by atoms with van der Waals surface area (Å²) in [6.07, 6.45) is 0.193. The van der Waals surface area contributed by atoms with Crippen LogP contribution in [0.3, 0.4) is 0 Å². The summed E-state index contributed by atoms with van der Waals surface area (Å²) in [6.45, 7) is 1.68. The standard InChI is InChI=1S/C18H18ClN3O3S/c1-12-6-2-3-7-13(12)10-16(23)20-18(26)22-21-17(24)11-25-15-9-5-4-8-14(15)19/h2-9H,10-11H2,1H3,(H,21,24)(H2,20,22,23,26). The molecule has 2 aromatic rings. The number of para-hydroxylation sites is 1. The molecular weight excluding hydrogens is 374 g/mol. The van der Waals surface area contributed by atoms with Crippen molar-refractivity contribution in [2.45, 2.75) is 13.3 Å². The van der Waals surface area contributed by atoms with E-state index in [9.17, 15) is 9.59 Å². The minimum absolute atomic E-state index is 0.00493. The zero-order valence-corrected chi connectivity index (χ0v) is 15.6. The molecule has 6 nitrogen and oxygen atoms in total. The fourth-order valence-corrected chi connectivity index (χ4v) is 2.41. The maximum absolute atomic E-state index is 12.0. The lowest BCUT2D eigenvalue weighted by molar-refractivity contribution is -0.124. The number of hydrazine groups is 1. The quantitative estimate of drug-likeness (QED) is 0.538. The topological polar surface area (TPSA) is 79.5 Å². The summed E-state index contributed by atoms with van der Waals surface area (Å²) in [5, 5.41) is 2.90. The van der Waals surface area contributed by atoms with Gasteiger partial charge in [-0.2, -0.15) is 0 Å². The predicted octanol–water partition coefficient (Wildman–Crippen LogP) is 2.29. The number of thiocarbonyl (C=S) groups is 1. The molecular formula is C18H18ClN3O3S. The molecule has 0 saturated carbocycles. The number of carbonyl (C=O) groups is 2. The van der Waals surface area contributed by atoms with Gasteiger partial charge in [0, 0.05) is 0 Å². The van der Waals surface area contributed by atoms with Crippen LogP contribution >= 0.6 is 23.8 Å². The van der Waals surface area contributed by atoms with E-state index in [1.165, 1.54) is 0 Å². The van der Waals surface area contributed by atoms with E-state index in [-0.39, 0.29) is 24.0 Å². The van der Waals surface area contributed by atoms with Crippen LogP contribution in [0.1, 0.15) is 11.1 Å². The number of ether oxygens (including phenoxy) is 1. The molecule has 3 N–H and O–H groups in total. The van der Waals surface area contributed by atoms with Gasteiger partial charge >= 0.3 is 0 Å². The predicted molar refractivity (Wildman–Crippen MR) is 104 cm³/mol. The van der Waals surface area contributed by atoms with Gasteiger partial charge in [-0.3, -0.25) is 20.4 Å². The van der Waals surface area contributed by atoms with E-state index in [4.69, 9.17) is 28.6 Å². The van der Waals surface area contributed by atoms with Gasteiger partial charge in [-0.25, -0.2) is 0 Å². The minimum Gasteiger partial charge on any atom is -0.482 e. The first-order chi connectivity index (χ1) is 12.5. The largest absolute Gasteiger partial charge is 0.482 e. The Labute approximate surface area is 161 Å². The van der Waals surface area contributed by atoms with Gasteiger partial charge in [-0.15, -0.1) is 0 Å². The second kappa shape index (κ2) is 9.74. The Kier molecular flexibility index (Phi) is 7.37. The van der Waals surface area contributed by atoms with Crippen LogP contribution in [0, 0.1) is 6.92 Å². The SMILES string of the molecule is Cc1ccccc1CC(=O)NC(=S)NNC(=O)COc1ccccc1Cl. The summed E-state index contributed by atoms with van der Waals surface area (Å²) in [7, 11) is 0. The number of rotatable bonds is 5. The molecule has 0 aliphatic carbocycles. The van der Waals surface area contributed by atoms with Crippen LogP contribution in [-0.2, 0) is 16.0 Å². The number of hydrogen-bond acceptors (Lipinski definition) is 4.